The molecular formula is C8H14BrIO3S. The summed E-state index contributed by atoms with van der Waals surface area (Å²) in [6.07, 6.45) is 0. The molecule has 0 N–H and O–H groups in total. The Morgan fingerprint density at radius 1 is 1.36 bits per heavy atom. The largest absolute Gasteiger partial charge is 0.295 e. The molecule has 0 aromatic rings. The van der Waals surface area contributed by atoms with Gasteiger partial charge in [0.1, 0.15) is 0 Å². The summed E-state index contributed by atoms with van der Waals surface area (Å²) < 4.78 is 21.8. The fraction of sp³-hybridized carbons (Fsp3) is 0.875. The first-order chi connectivity index (χ1) is 5.97. The number of Topliss-reactive ketones (excluding diaryl/α,β-unsaturated/α-hetero) is 1. The zero-order valence-corrected chi connectivity index (χ0v) is 13.2. The molecule has 0 aromatic heterocycles. The summed E-state index contributed by atoms with van der Waals surface area (Å²) in [6, 6.07) is 0. The Kier molecular flexibility index (Phi) is 4.63. The molecule has 0 aromatic carbocycles. The maximum atomic E-state index is 11.9. The van der Waals surface area contributed by atoms with Crippen molar-refractivity contribution in [3.63, 3.8) is 0 Å². The SMILES string of the molecule is CCS(=O)(=O)[C@@](Br)(I)C(=O)C(C)(C)C. The lowest BCUT2D eigenvalue weighted by atomic mass is 9.92. The molecule has 14 heavy (non-hydrogen) atoms. The predicted molar refractivity (Wildman–Crippen MR) is 69.6 cm³/mol. The third kappa shape index (κ3) is 2.91. The number of rotatable bonds is 3. The fourth-order valence-corrected chi connectivity index (χ4v) is 4.74. The molecule has 0 aliphatic rings. The van der Waals surface area contributed by atoms with E-state index in [-0.39, 0.29) is 11.5 Å². The van der Waals surface area contributed by atoms with Crippen molar-refractivity contribution in [3.05, 3.63) is 0 Å². The van der Waals surface area contributed by atoms with Gasteiger partial charge in [-0.05, 0) is 38.5 Å². The van der Waals surface area contributed by atoms with E-state index in [2.05, 4.69) is 15.9 Å². The molecule has 0 bridgehead atoms. The number of alkyl halides is 2. The van der Waals surface area contributed by atoms with Gasteiger partial charge >= 0.3 is 0 Å². The first-order valence-corrected chi connectivity index (χ1v) is 7.64. The van der Waals surface area contributed by atoms with Crippen molar-refractivity contribution in [1.82, 2.24) is 0 Å². The van der Waals surface area contributed by atoms with Crippen molar-refractivity contribution in [2.24, 2.45) is 5.41 Å². The molecule has 0 aliphatic heterocycles. The summed E-state index contributed by atoms with van der Waals surface area (Å²) in [5, 5.41) is 0. The highest BCUT2D eigenvalue weighted by molar-refractivity contribution is 14.1. The van der Waals surface area contributed by atoms with Gasteiger partial charge in [-0.25, -0.2) is 8.42 Å². The van der Waals surface area contributed by atoms with E-state index in [1.165, 1.54) is 6.92 Å². The second kappa shape index (κ2) is 4.37. The lowest BCUT2D eigenvalue weighted by Crippen LogP contribution is -2.42. The summed E-state index contributed by atoms with van der Waals surface area (Å²) in [4.78, 5) is 11.9. The van der Waals surface area contributed by atoms with E-state index < -0.39 is 16.9 Å². The van der Waals surface area contributed by atoms with Gasteiger partial charge in [-0.3, -0.25) is 4.79 Å². The van der Waals surface area contributed by atoms with Crippen LogP contribution in [0.25, 0.3) is 0 Å². The lowest BCUT2D eigenvalue weighted by Gasteiger charge is -2.26. The summed E-state index contributed by atoms with van der Waals surface area (Å²) in [6.45, 7) is 6.64. The molecule has 0 unspecified atom stereocenters. The molecule has 0 saturated heterocycles. The van der Waals surface area contributed by atoms with Crippen LogP contribution in [0.4, 0.5) is 0 Å². The highest BCUT2D eigenvalue weighted by Crippen LogP contribution is 2.40. The van der Waals surface area contributed by atoms with Gasteiger partial charge in [0.05, 0.1) is 5.75 Å². The van der Waals surface area contributed by atoms with E-state index in [4.69, 9.17) is 0 Å². The molecule has 0 heterocycles. The first kappa shape index (κ1) is 14.8. The molecular weight excluding hydrogens is 383 g/mol. The zero-order chi connectivity index (χ0) is 11.8. The number of hydrogen-bond donors (Lipinski definition) is 0. The zero-order valence-electron chi connectivity index (χ0n) is 8.60. The average Bonchev–Trinajstić information content (AvgIpc) is 2.01. The monoisotopic (exact) mass is 396 g/mol. The van der Waals surface area contributed by atoms with Gasteiger partial charge in [-0.15, -0.1) is 0 Å². The minimum atomic E-state index is -3.43. The summed E-state index contributed by atoms with van der Waals surface area (Å²) in [5.74, 6) is -0.379. The average molecular weight is 397 g/mol. The van der Waals surface area contributed by atoms with Crippen LogP contribution < -0.4 is 0 Å². The highest BCUT2D eigenvalue weighted by Gasteiger charge is 2.48. The Bertz CT molecular complexity index is 327. The normalized spacial score (nSPS) is 17.6. The van der Waals surface area contributed by atoms with E-state index in [1.807, 2.05) is 0 Å². The number of carbonyl (C=O) groups is 1. The fourth-order valence-electron chi connectivity index (χ4n) is 0.759. The molecule has 0 aliphatic carbocycles. The summed E-state index contributed by atoms with van der Waals surface area (Å²) in [7, 11) is -3.43. The second-order valence-electron chi connectivity index (χ2n) is 4.00. The van der Waals surface area contributed by atoms with Crippen LogP contribution in [0.5, 0.6) is 0 Å². The van der Waals surface area contributed by atoms with Crippen molar-refractivity contribution in [3.8, 4) is 0 Å². The molecule has 6 heteroatoms. The predicted octanol–water partition coefficient (Wildman–Crippen LogP) is 2.52. The van der Waals surface area contributed by atoms with Crippen LogP contribution in [0.3, 0.4) is 0 Å². The van der Waals surface area contributed by atoms with Crippen LogP contribution in [0, 0.1) is 5.41 Å². The molecule has 1 atom stereocenters. The van der Waals surface area contributed by atoms with Crippen LogP contribution >= 0.6 is 38.5 Å². The molecule has 0 rings (SSSR count). The topological polar surface area (TPSA) is 51.2 Å². The maximum absolute atomic E-state index is 11.9. The van der Waals surface area contributed by atoms with Gasteiger partial charge < -0.3 is 0 Å². The van der Waals surface area contributed by atoms with Crippen LogP contribution in [-0.2, 0) is 14.6 Å². The van der Waals surface area contributed by atoms with Crippen molar-refractivity contribution < 1.29 is 13.2 Å². The van der Waals surface area contributed by atoms with Crippen molar-refractivity contribution in [2.45, 2.75) is 29.4 Å². The van der Waals surface area contributed by atoms with Crippen molar-refractivity contribution in [2.75, 3.05) is 5.75 Å². The Balaban J connectivity index is 5.30. The van der Waals surface area contributed by atoms with Crippen LogP contribution in [-0.4, -0.2) is 21.6 Å². The minimum absolute atomic E-state index is 0.0526. The van der Waals surface area contributed by atoms with Crippen molar-refractivity contribution in [1.29, 1.82) is 0 Å². The molecule has 84 valence electrons. The Hall–Kier alpha value is 0.830. The third-order valence-corrected chi connectivity index (χ3v) is 7.79. The van der Waals surface area contributed by atoms with Gasteiger partial charge in [0.15, 0.2) is 15.6 Å². The van der Waals surface area contributed by atoms with Crippen LogP contribution in [0.1, 0.15) is 27.7 Å². The first-order valence-electron chi connectivity index (χ1n) is 4.12. The van der Waals surface area contributed by atoms with Crippen molar-refractivity contribution >= 4 is 54.1 Å². The smallest absolute Gasteiger partial charge is 0.235 e. The van der Waals surface area contributed by atoms with Gasteiger partial charge in [0.25, 0.3) is 0 Å². The lowest BCUT2D eigenvalue weighted by molar-refractivity contribution is -0.124. The Morgan fingerprint density at radius 2 is 1.71 bits per heavy atom. The Morgan fingerprint density at radius 3 is 1.93 bits per heavy atom. The maximum Gasteiger partial charge on any atom is 0.235 e. The number of sulfone groups is 1. The molecule has 0 radical (unpaired) electrons. The van der Waals surface area contributed by atoms with Gasteiger partial charge in [0, 0.05) is 5.41 Å². The van der Waals surface area contributed by atoms with E-state index in [9.17, 15) is 13.2 Å². The highest BCUT2D eigenvalue weighted by atomic mass is 127. The molecule has 0 amide bonds. The van der Waals surface area contributed by atoms with E-state index in [0.29, 0.717) is 0 Å². The van der Waals surface area contributed by atoms with E-state index in [1.54, 1.807) is 43.4 Å². The molecule has 0 fully saturated rings. The summed E-state index contributed by atoms with van der Waals surface area (Å²) in [5.41, 5.74) is -0.674. The molecule has 0 spiro atoms. The van der Waals surface area contributed by atoms with E-state index >= 15 is 0 Å². The van der Waals surface area contributed by atoms with Gasteiger partial charge in [-0.1, -0.05) is 27.7 Å². The van der Waals surface area contributed by atoms with Crippen LogP contribution in [0.15, 0.2) is 0 Å². The number of hydrogen-bond acceptors (Lipinski definition) is 3. The second-order valence-corrected chi connectivity index (χ2v) is 12.0. The number of ketones is 1. The number of halogens is 2. The van der Waals surface area contributed by atoms with Gasteiger partial charge in [0.2, 0.25) is 1.66 Å². The molecule has 0 saturated carbocycles. The number of carbonyl (C=O) groups excluding carboxylic acids is 1. The standard InChI is InChI=1S/C8H14BrIO3S/c1-5-14(12,13)8(9,10)6(11)7(2,3)4/h5H2,1-4H3/t8-/m0/s1. The minimum Gasteiger partial charge on any atom is -0.295 e. The van der Waals surface area contributed by atoms with Crippen LogP contribution in [0.2, 0.25) is 0 Å². The van der Waals surface area contributed by atoms with Gasteiger partial charge in [-0.2, -0.15) is 0 Å². The molecule has 3 nitrogen and oxygen atoms in total. The quantitative estimate of drug-likeness (QED) is 0.544. The summed E-state index contributed by atoms with van der Waals surface area (Å²) >= 11 is 4.66. The Labute approximate surface area is 107 Å². The third-order valence-electron chi connectivity index (χ3n) is 1.72. The van der Waals surface area contributed by atoms with E-state index in [0.717, 1.165) is 0 Å².